The van der Waals surface area contributed by atoms with E-state index < -0.39 is 0 Å². The van der Waals surface area contributed by atoms with E-state index in [0.29, 0.717) is 57.1 Å². The molecule has 2 aromatic heterocycles. The molecule has 3 heterocycles. The number of oxazole rings is 1. The summed E-state index contributed by atoms with van der Waals surface area (Å²) in [5, 5.41) is 18.0. The van der Waals surface area contributed by atoms with Crippen molar-refractivity contribution in [2.24, 2.45) is 0 Å². The molecule has 1 N–H and O–H groups in total. The van der Waals surface area contributed by atoms with Crippen LogP contribution in [0.25, 0.3) is 16.8 Å². The molecule has 0 spiro atoms. The van der Waals surface area contributed by atoms with Crippen molar-refractivity contribution in [2.75, 3.05) is 12.1 Å². The molecule has 0 unspecified atom stereocenters. The minimum absolute atomic E-state index is 0.191. The molecule has 4 aromatic rings. The molecule has 0 radical (unpaired) electrons. The number of hydrogen-bond donors (Lipinski definition) is 1. The molecule has 0 saturated carbocycles. The van der Waals surface area contributed by atoms with Crippen molar-refractivity contribution in [3.63, 3.8) is 0 Å². The lowest BCUT2D eigenvalue weighted by molar-refractivity contribution is 0.174. The molecular formula is C21H16ClN5O3. The van der Waals surface area contributed by atoms with Crippen LogP contribution in [0.2, 0.25) is 5.02 Å². The molecule has 0 fully saturated rings. The maximum atomic E-state index is 9.67. The Labute approximate surface area is 176 Å². The van der Waals surface area contributed by atoms with E-state index in [-0.39, 0.29) is 6.79 Å². The van der Waals surface area contributed by atoms with Gasteiger partial charge in [0.1, 0.15) is 23.0 Å². The van der Waals surface area contributed by atoms with Gasteiger partial charge in [0.25, 0.3) is 0 Å². The van der Waals surface area contributed by atoms with Crippen LogP contribution in [0.3, 0.4) is 0 Å². The number of nitrogens with zero attached hydrogens (tertiary/aromatic N) is 4. The summed E-state index contributed by atoms with van der Waals surface area (Å²) in [6, 6.07) is 11.5. The minimum Gasteiger partial charge on any atom is -0.454 e. The summed E-state index contributed by atoms with van der Waals surface area (Å²) >= 11 is 6.34. The van der Waals surface area contributed by atoms with E-state index in [9.17, 15) is 5.26 Å². The number of aromatic nitrogens is 3. The van der Waals surface area contributed by atoms with Gasteiger partial charge in [-0.1, -0.05) is 11.6 Å². The van der Waals surface area contributed by atoms with E-state index in [2.05, 4.69) is 21.5 Å². The van der Waals surface area contributed by atoms with E-state index in [4.69, 9.17) is 25.5 Å². The lowest BCUT2D eigenvalue weighted by Crippen LogP contribution is -2.07. The van der Waals surface area contributed by atoms with Gasteiger partial charge in [0, 0.05) is 19.5 Å². The Balaban J connectivity index is 1.51. The number of fused-ring (bicyclic) bond motifs is 2. The first kappa shape index (κ1) is 18.3. The van der Waals surface area contributed by atoms with Gasteiger partial charge >= 0.3 is 0 Å². The van der Waals surface area contributed by atoms with Crippen molar-refractivity contribution in [1.82, 2.24) is 14.8 Å². The largest absolute Gasteiger partial charge is 0.454 e. The van der Waals surface area contributed by atoms with Gasteiger partial charge in [-0.15, -0.1) is 0 Å². The Morgan fingerprint density at radius 2 is 2.03 bits per heavy atom. The zero-order valence-corrected chi connectivity index (χ0v) is 16.9. The topological polar surface area (TPSA) is 98.1 Å². The van der Waals surface area contributed by atoms with E-state index in [0.717, 1.165) is 11.3 Å². The molecule has 1 aliphatic heterocycles. The van der Waals surface area contributed by atoms with Crippen molar-refractivity contribution in [2.45, 2.75) is 20.4 Å². The van der Waals surface area contributed by atoms with Gasteiger partial charge in [-0.3, -0.25) is 0 Å². The second-order valence-electron chi connectivity index (χ2n) is 6.88. The molecule has 0 saturated heterocycles. The summed E-state index contributed by atoms with van der Waals surface area (Å²) in [6.45, 7) is 4.19. The monoisotopic (exact) mass is 421 g/mol. The van der Waals surface area contributed by atoms with E-state index >= 15 is 0 Å². The number of rotatable bonds is 4. The summed E-state index contributed by atoms with van der Waals surface area (Å²) in [5.74, 6) is 2.47. The highest BCUT2D eigenvalue weighted by atomic mass is 35.5. The van der Waals surface area contributed by atoms with Crippen LogP contribution in [0, 0.1) is 25.2 Å². The fraction of sp³-hybridized carbons (Fsp3) is 0.190. The van der Waals surface area contributed by atoms with Crippen LogP contribution >= 0.6 is 11.6 Å². The standard InChI is InChI=1S/C21H16ClN5O3/c1-11-15(8-23)21(27(26-11)14-3-4-18-19(7-14)29-10-28-18)24-9-13-5-16(22)20-17(6-13)25-12(2)30-20/h3-7,24H,9-10H2,1-2H3. The minimum atomic E-state index is 0.191. The highest BCUT2D eigenvalue weighted by Gasteiger charge is 2.20. The zero-order chi connectivity index (χ0) is 20.8. The number of anilines is 1. The average molecular weight is 422 g/mol. The van der Waals surface area contributed by atoms with Crippen LogP contribution in [0.4, 0.5) is 5.82 Å². The molecule has 5 rings (SSSR count). The van der Waals surface area contributed by atoms with Gasteiger partial charge in [-0.05, 0) is 36.8 Å². The first-order valence-electron chi connectivity index (χ1n) is 9.22. The molecule has 0 bridgehead atoms. The molecular weight excluding hydrogens is 406 g/mol. The maximum absolute atomic E-state index is 9.67. The van der Waals surface area contributed by atoms with Gasteiger partial charge in [-0.2, -0.15) is 10.4 Å². The molecule has 8 nitrogen and oxygen atoms in total. The summed E-state index contributed by atoms with van der Waals surface area (Å²) in [7, 11) is 0. The van der Waals surface area contributed by atoms with Crippen LogP contribution in [-0.4, -0.2) is 21.6 Å². The number of hydrogen-bond acceptors (Lipinski definition) is 7. The van der Waals surface area contributed by atoms with Gasteiger partial charge < -0.3 is 19.2 Å². The Hall–Kier alpha value is -3.70. The molecule has 2 aromatic carbocycles. The van der Waals surface area contributed by atoms with Crippen LogP contribution in [0.15, 0.2) is 34.7 Å². The first-order chi connectivity index (χ1) is 14.5. The molecule has 30 heavy (non-hydrogen) atoms. The second-order valence-corrected chi connectivity index (χ2v) is 7.29. The van der Waals surface area contributed by atoms with Crippen LogP contribution in [0.5, 0.6) is 11.5 Å². The number of nitrogens with one attached hydrogen (secondary N) is 1. The second kappa shape index (κ2) is 6.97. The first-order valence-corrected chi connectivity index (χ1v) is 9.60. The third-order valence-corrected chi connectivity index (χ3v) is 5.13. The van der Waals surface area contributed by atoms with Gasteiger partial charge in [0.2, 0.25) is 6.79 Å². The van der Waals surface area contributed by atoms with E-state index in [1.807, 2.05) is 30.3 Å². The lowest BCUT2D eigenvalue weighted by atomic mass is 10.2. The Kier molecular flexibility index (Phi) is 4.26. The van der Waals surface area contributed by atoms with E-state index in [1.54, 1.807) is 18.5 Å². The van der Waals surface area contributed by atoms with Gasteiger partial charge in [-0.25, -0.2) is 9.67 Å². The van der Waals surface area contributed by atoms with Crippen molar-refractivity contribution in [1.29, 1.82) is 5.26 Å². The Morgan fingerprint density at radius 3 is 2.87 bits per heavy atom. The van der Waals surface area contributed by atoms with Crippen molar-refractivity contribution < 1.29 is 13.9 Å². The van der Waals surface area contributed by atoms with Crippen LogP contribution < -0.4 is 14.8 Å². The summed E-state index contributed by atoms with van der Waals surface area (Å²) in [6.07, 6.45) is 0. The molecule has 1 aliphatic rings. The highest BCUT2D eigenvalue weighted by molar-refractivity contribution is 6.34. The van der Waals surface area contributed by atoms with Gasteiger partial charge in [0.15, 0.2) is 23.0 Å². The third-order valence-electron chi connectivity index (χ3n) is 4.84. The number of halogens is 1. The van der Waals surface area contributed by atoms with Crippen LogP contribution in [-0.2, 0) is 6.54 Å². The zero-order valence-electron chi connectivity index (χ0n) is 16.2. The number of nitriles is 1. The van der Waals surface area contributed by atoms with E-state index in [1.165, 1.54) is 0 Å². The highest BCUT2D eigenvalue weighted by Crippen LogP contribution is 2.35. The van der Waals surface area contributed by atoms with Crippen LogP contribution in [0.1, 0.15) is 22.7 Å². The summed E-state index contributed by atoms with van der Waals surface area (Å²) in [5.41, 5.74) is 4.01. The summed E-state index contributed by atoms with van der Waals surface area (Å²) in [4.78, 5) is 4.35. The quantitative estimate of drug-likeness (QED) is 0.518. The third kappa shape index (κ3) is 3.00. The molecule has 0 amide bonds. The normalized spacial score (nSPS) is 12.3. The van der Waals surface area contributed by atoms with Crippen molar-refractivity contribution in [3.8, 4) is 23.3 Å². The smallest absolute Gasteiger partial charge is 0.231 e. The predicted octanol–water partition coefficient (Wildman–Crippen LogP) is 4.50. The Bertz CT molecular complexity index is 1330. The SMILES string of the molecule is Cc1nc2cc(CNc3c(C#N)c(C)nn3-c3ccc4c(c3)OCO4)cc(Cl)c2o1. The molecule has 0 atom stereocenters. The summed E-state index contributed by atoms with van der Waals surface area (Å²) < 4.78 is 18.1. The molecule has 9 heteroatoms. The maximum Gasteiger partial charge on any atom is 0.231 e. The lowest BCUT2D eigenvalue weighted by Gasteiger charge is -2.11. The molecule has 150 valence electrons. The number of ether oxygens (including phenoxy) is 2. The number of aryl methyl sites for hydroxylation is 2. The van der Waals surface area contributed by atoms with Crippen molar-refractivity contribution in [3.05, 3.63) is 58.1 Å². The fourth-order valence-corrected chi connectivity index (χ4v) is 3.75. The van der Waals surface area contributed by atoms with Crippen molar-refractivity contribution >= 4 is 28.5 Å². The van der Waals surface area contributed by atoms with Gasteiger partial charge in [0.05, 0.1) is 16.4 Å². The number of benzene rings is 2. The fourth-order valence-electron chi connectivity index (χ4n) is 3.47. The Morgan fingerprint density at radius 1 is 1.20 bits per heavy atom. The molecule has 0 aliphatic carbocycles. The average Bonchev–Trinajstić information content (AvgIpc) is 3.41. The predicted molar refractivity (Wildman–Crippen MR) is 110 cm³/mol.